The molecule has 0 saturated carbocycles. The highest BCUT2D eigenvalue weighted by Crippen LogP contribution is 2.19. The lowest BCUT2D eigenvalue weighted by atomic mass is 10.0. The van der Waals surface area contributed by atoms with Crippen LogP contribution in [0.2, 0.25) is 5.15 Å². The van der Waals surface area contributed by atoms with E-state index >= 15 is 0 Å². The maximum atomic E-state index is 11.3. The van der Waals surface area contributed by atoms with Gasteiger partial charge in [0, 0.05) is 19.2 Å². The van der Waals surface area contributed by atoms with Crippen molar-refractivity contribution in [2.24, 2.45) is 11.5 Å². The Kier molecular flexibility index (Phi) is 8.95. The maximum absolute atomic E-state index is 11.3. The molecule has 1 heterocycles. The molecule has 7 N–H and O–H groups in total. The van der Waals surface area contributed by atoms with Gasteiger partial charge in [0.1, 0.15) is 11.0 Å². The van der Waals surface area contributed by atoms with Crippen molar-refractivity contribution < 1.29 is 33.0 Å². The van der Waals surface area contributed by atoms with Gasteiger partial charge in [0.25, 0.3) is 0 Å². The van der Waals surface area contributed by atoms with Crippen LogP contribution in [-0.2, 0) is 21.5 Å². The maximum Gasteiger partial charge on any atom is 0.490 e. The SMILES string of the molecule is NC[C@@](N)(C(=O)O)c1nc(Cl)cc(NCCc2ccccc2)n1.O=C(O)C(F)(F)F. The van der Waals surface area contributed by atoms with E-state index < -0.39 is 23.7 Å². The van der Waals surface area contributed by atoms with Crippen LogP contribution >= 0.6 is 11.6 Å². The van der Waals surface area contributed by atoms with Crippen molar-refractivity contribution in [2.45, 2.75) is 18.1 Å². The number of carbonyl (C=O) groups is 2. The summed E-state index contributed by atoms with van der Waals surface area (Å²) in [6.45, 7) is 0.260. The largest absolute Gasteiger partial charge is 0.490 e. The molecule has 0 saturated heterocycles. The minimum atomic E-state index is -5.08. The van der Waals surface area contributed by atoms with Crippen molar-refractivity contribution in [2.75, 3.05) is 18.4 Å². The third kappa shape index (κ3) is 7.46. The van der Waals surface area contributed by atoms with Crippen molar-refractivity contribution in [3.8, 4) is 0 Å². The second-order valence-corrected chi connectivity index (χ2v) is 6.23. The zero-order valence-electron chi connectivity index (χ0n) is 15.4. The molecule has 0 spiro atoms. The number of hydrogen-bond acceptors (Lipinski definition) is 7. The van der Waals surface area contributed by atoms with Gasteiger partial charge in [-0.3, -0.25) is 0 Å². The summed E-state index contributed by atoms with van der Waals surface area (Å²) in [5.74, 6) is -3.78. The van der Waals surface area contributed by atoms with Crippen LogP contribution in [0.5, 0.6) is 0 Å². The fourth-order valence-corrected chi connectivity index (χ4v) is 2.14. The van der Waals surface area contributed by atoms with Gasteiger partial charge in [0.2, 0.25) is 0 Å². The zero-order valence-corrected chi connectivity index (χ0v) is 16.1. The highest BCUT2D eigenvalue weighted by atomic mass is 35.5. The van der Waals surface area contributed by atoms with E-state index in [1.165, 1.54) is 11.6 Å². The lowest BCUT2D eigenvalue weighted by Crippen LogP contribution is -2.52. The van der Waals surface area contributed by atoms with E-state index in [0.29, 0.717) is 12.4 Å². The van der Waals surface area contributed by atoms with Gasteiger partial charge in [-0.1, -0.05) is 41.9 Å². The molecule has 1 aromatic heterocycles. The molecule has 0 aliphatic carbocycles. The minimum Gasteiger partial charge on any atom is -0.479 e. The van der Waals surface area contributed by atoms with E-state index in [4.69, 9.17) is 33.0 Å². The number of aliphatic carboxylic acids is 2. The van der Waals surface area contributed by atoms with Crippen LogP contribution in [0.3, 0.4) is 0 Å². The van der Waals surface area contributed by atoms with Gasteiger partial charge < -0.3 is 27.0 Å². The predicted molar refractivity (Wildman–Crippen MR) is 102 cm³/mol. The van der Waals surface area contributed by atoms with Gasteiger partial charge in [-0.25, -0.2) is 19.6 Å². The standard InChI is InChI=1S/C15H18ClN5O2.C2HF3O2/c16-11-8-12(19-7-6-10-4-2-1-3-5-10)21-13(20-11)15(18,9-17)14(22)23;3-2(4,5)1(6)7/h1-5,8H,6-7,9,17-18H2,(H,22,23)(H,19,20,21);(H,6,7)/t15-;/m0./s1. The molecule has 0 radical (unpaired) electrons. The molecule has 0 fully saturated rings. The first-order chi connectivity index (χ1) is 13.9. The molecule has 1 aromatic carbocycles. The molecule has 13 heteroatoms. The molecule has 0 unspecified atom stereocenters. The monoisotopic (exact) mass is 449 g/mol. The number of carboxylic acid groups (broad SMARTS) is 2. The summed E-state index contributed by atoms with van der Waals surface area (Å²) in [6, 6.07) is 11.4. The predicted octanol–water partition coefficient (Wildman–Crippen LogP) is 1.62. The van der Waals surface area contributed by atoms with Crippen LogP contribution in [0, 0.1) is 0 Å². The Morgan fingerprint density at radius 1 is 1.10 bits per heavy atom. The van der Waals surface area contributed by atoms with Crippen LogP contribution < -0.4 is 16.8 Å². The molecule has 0 aliphatic heterocycles. The Bertz CT molecular complexity index is 870. The number of halogens is 4. The van der Waals surface area contributed by atoms with Gasteiger partial charge in [0.15, 0.2) is 11.4 Å². The first kappa shape index (κ1) is 25.1. The van der Waals surface area contributed by atoms with E-state index in [9.17, 15) is 23.1 Å². The summed E-state index contributed by atoms with van der Waals surface area (Å²) < 4.78 is 31.7. The molecule has 2 rings (SSSR count). The van der Waals surface area contributed by atoms with E-state index in [1.54, 1.807) is 0 Å². The van der Waals surface area contributed by atoms with E-state index in [1.807, 2.05) is 30.3 Å². The number of benzene rings is 1. The fraction of sp³-hybridized carbons (Fsp3) is 0.294. The average Bonchev–Trinajstić information content (AvgIpc) is 2.67. The normalized spacial score (nSPS) is 12.9. The number of nitrogens with one attached hydrogen (secondary N) is 1. The van der Waals surface area contributed by atoms with Crippen LogP contribution in [0.15, 0.2) is 36.4 Å². The summed E-state index contributed by atoms with van der Waals surface area (Å²) >= 11 is 5.93. The van der Waals surface area contributed by atoms with Gasteiger partial charge >= 0.3 is 18.1 Å². The molecule has 164 valence electrons. The average molecular weight is 450 g/mol. The van der Waals surface area contributed by atoms with E-state index in [2.05, 4.69) is 15.3 Å². The smallest absolute Gasteiger partial charge is 0.479 e. The Morgan fingerprint density at radius 3 is 2.13 bits per heavy atom. The van der Waals surface area contributed by atoms with Crippen LogP contribution in [-0.4, -0.2) is 51.4 Å². The van der Waals surface area contributed by atoms with Crippen molar-refractivity contribution in [1.82, 2.24) is 9.97 Å². The minimum absolute atomic E-state index is 0.0988. The lowest BCUT2D eigenvalue weighted by Gasteiger charge is -2.21. The molecule has 30 heavy (non-hydrogen) atoms. The summed E-state index contributed by atoms with van der Waals surface area (Å²) in [6.07, 6.45) is -4.30. The number of alkyl halides is 3. The lowest BCUT2D eigenvalue weighted by molar-refractivity contribution is -0.192. The molecular weight excluding hydrogens is 431 g/mol. The van der Waals surface area contributed by atoms with Crippen molar-refractivity contribution in [3.05, 3.63) is 52.9 Å². The van der Waals surface area contributed by atoms with E-state index in [0.717, 1.165) is 6.42 Å². The molecular formula is C17H19ClF3N5O4. The van der Waals surface area contributed by atoms with Crippen molar-refractivity contribution >= 4 is 29.4 Å². The number of nitrogens with two attached hydrogens (primary N) is 2. The Morgan fingerprint density at radius 2 is 1.67 bits per heavy atom. The summed E-state index contributed by atoms with van der Waals surface area (Å²) in [5, 5.41) is 19.6. The first-order valence-corrected chi connectivity index (χ1v) is 8.63. The Balaban J connectivity index is 0.000000553. The third-order valence-corrected chi connectivity index (χ3v) is 3.80. The number of aromatic nitrogens is 2. The number of nitrogens with zero attached hydrogens (tertiary/aromatic N) is 2. The second-order valence-electron chi connectivity index (χ2n) is 5.85. The number of hydrogen-bond donors (Lipinski definition) is 5. The van der Waals surface area contributed by atoms with Gasteiger partial charge in [-0.05, 0) is 12.0 Å². The van der Waals surface area contributed by atoms with Crippen LogP contribution in [0.1, 0.15) is 11.4 Å². The summed E-state index contributed by atoms with van der Waals surface area (Å²) in [7, 11) is 0. The Labute approximate surface area is 173 Å². The van der Waals surface area contributed by atoms with Gasteiger partial charge in [-0.15, -0.1) is 0 Å². The third-order valence-electron chi connectivity index (χ3n) is 3.60. The quantitative estimate of drug-likeness (QED) is 0.395. The number of rotatable bonds is 7. The number of anilines is 1. The molecule has 0 bridgehead atoms. The van der Waals surface area contributed by atoms with Crippen molar-refractivity contribution in [1.29, 1.82) is 0 Å². The fourth-order valence-electron chi connectivity index (χ4n) is 1.96. The highest BCUT2D eigenvalue weighted by Gasteiger charge is 2.39. The van der Waals surface area contributed by atoms with Crippen LogP contribution in [0.4, 0.5) is 19.0 Å². The summed E-state index contributed by atoms with van der Waals surface area (Å²) in [5.41, 5.74) is 10.5. The highest BCUT2D eigenvalue weighted by molar-refractivity contribution is 6.29. The molecule has 1 atom stereocenters. The van der Waals surface area contributed by atoms with Gasteiger partial charge in [-0.2, -0.15) is 13.2 Å². The molecule has 2 aromatic rings. The van der Waals surface area contributed by atoms with Crippen molar-refractivity contribution in [3.63, 3.8) is 0 Å². The van der Waals surface area contributed by atoms with Crippen LogP contribution in [0.25, 0.3) is 0 Å². The molecule has 0 aliphatic rings. The zero-order chi connectivity index (χ0) is 22.9. The molecule has 0 amide bonds. The Hall–Kier alpha value is -2.96. The molecule has 9 nitrogen and oxygen atoms in total. The van der Waals surface area contributed by atoms with E-state index in [-0.39, 0.29) is 17.5 Å². The first-order valence-electron chi connectivity index (χ1n) is 8.25. The summed E-state index contributed by atoms with van der Waals surface area (Å²) in [4.78, 5) is 28.3. The second kappa shape index (κ2) is 10.7. The topological polar surface area (TPSA) is 164 Å². The van der Waals surface area contributed by atoms with Gasteiger partial charge in [0.05, 0.1) is 0 Å². The number of carboxylic acids is 2.